The number of hydrogen-bond acceptors (Lipinski definition) is 5. The van der Waals surface area contributed by atoms with E-state index in [0.717, 1.165) is 23.1 Å². The number of amides is 2. The Morgan fingerprint density at radius 2 is 1.71 bits per heavy atom. The fourth-order valence-corrected chi connectivity index (χ4v) is 3.99. The Balaban J connectivity index is 1.75. The number of anilines is 1. The van der Waals surface area contributed by atoms with Crippen LogP contribution in [-0.2, 0) is 27.3 Å². The first-order valence-corrected chi connectivity index (χ1v) is 11.6. The zero-order chi connectivity index (χ0) is 24.6. The number of fused-ring (bicyclic) bond motifs is 1. The number of aryl methyl sites for hydroxylation is 1. The Morgan fingerprint density at radius 1 is 1.00 bits per heavy atom. The SMILES string of the molecule is CCc1ccc(C(C(=O)NCCOC)N(C(=O)Cn2nnc3ccccc32)c2ccccc2)cc1. The molecule has 3 aromatic carbocycles. The van der Waals surface area contributed by atoms with Crippen LogP contribution in [0.4, 0.5) is 5.69 Å². The molecule has 2 amide bonds. The molecule has 0 aliphatic heterocycles. The molecule has 1 unspecified atom stereocenters. The van der Waals surface area contributed by atoms with Crippen molar-refractivity contribution in [1.29, 1.82) is 0 Å². The number of methoxy groups -OCH3 is 1. The highest BCUT2D eigenvalue weighted by molar-refractivity contribution is 6.01. The molecule has 0 saturated carbocycles. The van der Waals surface area contributed by atoms with Crippen molar-refractivity contribution in [2.45, 2.75) is 25.9 Å². The van der Waals surface area contributed by atoms with E-state index in [1.165, 1.54) is 0 Å². The quantitative estimate of drug-likeness (QED) is 0.358. The number of para-hydroxylation sites is 2. The molecule has 4 aromatic rings. The number of rotatable bonds is 10. The molecule has 4 rings (SSSR count). The summed E-state index contributed by atoms with van der Waals surface area (Å²) in [5.74, 6) is -0.565. The Labute approximate surface area is 204 Å². The molecule has 0 fully saturated rings. The first-order valence-electron chi connectivity index (χ1n) is 11.6. The van der Waals surface area contributed by atoms with Crippen LogP contribution in [0.3, 0.4) is 0 Å². The number of aromatic nitrogens is 3. The molecular formula is C27H29N5O3. The van der Waals surface area contributed by atoms with Gasteiger partial charge in [0, 0.05) is 19.3 Å². The number of ether oxygens (including phenoxy) is 1. The summed E-state index contributed by atoms with van der Waals surface area (Å²) in [6.07, 6.45) is 0.881. The van der Waals surface area contributed by atoms with Crippen LogP contribution in [0.15, 0.2) is 78.9 Å². The number of nitrogens with zero attached hydrogens (tertiary/aromatic N) is 4. The third kappa shape index (κ3) is 5.55. The molecule has 0 aliphatic carbocycles. The highest BCUT2D eigenvalue weighted by Crippen LogP contribution is 2.29. The summed E-state index contributed by atoms with van der Waals surface area (Å²) in [5.41, 5.74) is 3.95. The Bertz CT molecular complexity index is 1270. The number of hydrogen-bond donors (Lipinski definition) is 1. The lowest BCUT2D eigenvalue weighted by Crippen LogP contribution is -2.46. The number of carbonyl (C=O) groups excluding carboxylic acids is 2. The molecule has 35 heavy (non-hydrogen) atoms. The molecule has 0 spiro atoms. The predicted molar refractivity (Wildman–Crippen MR) is 135 cm³/mol. The maximum absolute atomic E-state index is 13.9. The fourth-order valence-electron chi connectivity index (χ4n) is 3.99. The summed E-state index contributed by atoms with van der Waals surface area (Å²) in [6, 6.07) is 23.6. The van der Waals surface area contributed by atoms with Gasteiger partial charge >= 0.3 is 0 Å². The van der Waals surface area contributed by atoms with Crippen molar-refractivity contribution in [3.05, 3.63) is 90.0 Å². The minimum absolute atomic E-state index is 0.0652. The van der Waals surface area contributed by atoms with Crippen molar-refractivity contribution in [2.75, 3.05) is 25.2 Å². The molecule has 180 valence electrons. The molecule has 8 nitrogen and oxygen atoms in total. The molecule has 1 atom stereocenters. The third-order valence-electron chi connectivity index (χ3n) is 5.82. The predicted octanol–water partition coefficient (Wildman–Crippen LogP) is 3.53. The van der Waals surface area contributed by atoms with Gasteiger partial charge in [-0.3, -0.25) is 14.5 Å². The van der Waals surface area contributed by atoms with Gasteiger partial charge < -0.3 is 10.1 Å². The van der Waals surface area contributed by atoms with E-state index in [1.807, 2.05) is 78.9 Å². The van der Waals surface area contributed by atoms with Gasteiger partial charge in [0.1, 0.15) is 18.1 Å². The smallest absolute Gasteiger partial charge is 0.249 e. The van der Waals surface area contributed by atoms with Gasteiger partial charge in [-0.15, -0.1) is 5.10 Å². The normalized spacial score (nSPS) is 11.8. The van der Waals surface area contributed by atoms with Crippen LogP contribution < -0.4 is 10.2 Å². The summed E-state index contributed by atoms with van der Waals surface area (Å²) in [6.45, 7) is 2.72. The van der Waals surface area contributed by atoms with E-state index >= 15 is 0 Å². The second-order valence-electron chi connectivity index (χ2n) is 8.12. The van der Waals surface area contributed by atoms with Crippen molar-refractivity contribution in [3.8, 4) is 0 Å². The Kier molecular flexibility index (Phi) is 7.84. The molecule has 8 heteroatoms. The number of nitrogens with one attached hydrogen (secondary N) is 1. The van der Waals surface area contributed by atoms with Crippen LogP contribution in [0.1, 0.15) is 24.1 Å². The highest BCUT2D eigenvalue weighted by atomic mass is 16.5. The zero-order valence-corrected chi connectivity index (χ0v) is 19.9. The van der Waals surface area contributed by atoms with Gasteiger partial charge in [-0.05, 0) is 41.8 Å². The average molecular weight is 472 g/mol. The van der Waals surface area contributed by atoms with E-state index in [2.05, 4.69) is 22.6 Å². The lowest BCUT2D eigenvalue weighted by molar-refractivity contribution is -0.127. The molecule has 1 heterocycles. The van der Waals surface area contributed by atoms with Crippen LogP contribution in [0.2, 0.25) is 0 Å². The molecule has 1 aromatic heterocycles. The number of benzene rings is 3. The molecule has 0 saturated heterocycles. The van der Waals surface area contributed by atoms with Crippen molar-refractivity contribution in [3.63, 3.8) is 0 Å². The van der Waals surface area contributed by atoms with E-state index in [4.69, 9.17) is 4.74 Å². The Hall–Kier alpha value is -4.04. The minimum Gasteiger partial charge on any atom is -0.383 e. The maximum atomic E-state index is 13.9. The van der Waals surface area contributed by atoms with Crippen LogP contribution in [0.5, 0.6) is 0 Å². The summed E-state index contributed by atoms with van der Waals surface area (Å²) in [5, 5.41) is 11.2. The first-order chi connectivity index (χ1) is 17.1. The highest BCUT2D eigenvalue weighted by Gasteiger charge is 2.33. The summed E-state index contributed by atoms with van der Waals surface area (Å²) in [4.78, 5) is 28.9. The van der Waals surface area contributed by atoms with Gasteiger partial charge in [-0.25, -0.2) is 4.68 Å². The van der Waals surface area contributed by atoms with E-state index < -0.39 is 6.04 Å². The fraction of sp³-hybridized carbons (Fsp3) is 0.259. The maximum Gasteiger partial charge on any atom is 0.249 e. The standard InChI is InChI=1S/C27H29N5O3/c1-3-20-13-15-21(16-14-20)26(27(34)28-17-18-35-2)32(22-9-5-4-6-10-22)25(33)19-31-24-12-8-7-11-23(24)29-30-31/h4-16,26H,3,17-19H2,1-2H3,(H,28,34). The van der Waals surface area contributed by atoms with E-state index in [1.54, 1.807) is 16.7 Å². The van der Waals surface area contributed by atoms with Crippen molar-refractivity contribution in [2.24, 2.45) is 0 Å². The second-order valence-corrected chi connectivity index (χ2v) is 8.12. The summed E-state index contributed by atoms with van der Waals surface area (Å²) >= 11 is 0. The van der Waals surface area contributed by atoms with Crippen molar-refractivity contribution < 1.29 is 14.3 Å². The van der Waals surface area contributed by atoms with Gasteiger partial charge in [0.2, 0.25) is 11.8 Å². The topological polar surface area (TPSA) is 89.4 Å². The van der Waals surface area contributed by atoms with Gasteiger partial charge in [-0.1, -0.05) is 66.7 Å². The largest absolute Gasteiger partial charge is 0.383 e. The van der Waals surface area contributed by atoms with Crippen LogP contribution >= 0.6 is 0 Å². The molecule has 0 radical (unpaired) electrons. The van der Waals surface area contributed by atoms with E-state index in [9.17, 15) is 9.59 Å². The van der Waals surface area contributed by atoms with Gasteiger partial charge in [0.25, 0.3) is 0 Å². The second kappa shape index (κ2) is 11.4. The van der Waals surface area contributed by atoms with Crippen molar-refractivity contribution >= 4 is 28.5 Å². The van der Waals surface area contributed by atoms with Crippen LogP contribution in [-0.4, -0.2) is 47.1 Å². The molecule has 1 N–H and O–H groups in total. The van der Waals surface area contributed by atoms with Gasteiger partial charge in [-0.2, -0.15) is 0 Å². The average Bonchev–Trinajstić information content (AvgIpc) is 3.30. The zero-order valence-electron chi connectivity index (χ0n) is 19.9. The van der Waals surface area contributed by atoms with Gasteiger partial charge in [0.05, 0.1) is 12.1 Å². The lowest BCUT2D eigenvalue weighted by Gasteiger charge is -2.31. The van der Waals surface area contributed by atoms with Crippen molar-refractivity contribution in [1.82, 2.24) is 20.3 Å². The van der Waals surface area contributed by atoms with Crippen LogP contribution in [0, 0.1) is 0 Å². The summed E-state index contributed by atoms with van der Waals surface area (Å²) in [7, 11) is 1.58. The lowest BCUT2D eigenvalue weighted by atomic mass is 10.0. The van der Waals surface area contributed by atoms with Gasteiger partial charge in [0.15, 0.2) is 0 Å². The molecule has 0 bridgehead atoms. The molecular weight excluding hydrogens is 442 g/mol. The van der Waals surface area contributed by atoms with E-state index in [-0.39, 0.29) is 18.4 Å². The first kappa shape index (κ1) is 24.1. The van der Waals surface area contributed by atoms with Crippen LogP contribution in [0.25, 0.3) is 11.0 Å². The minimum atomic E-state index is -0.873. The number of carbonyl (C=O) groups is 2. The third-order valence-corrected chi connectivity index (χ3v) is 5.82. The monoisotopic (exact) mass is 471 g/mol. The Morgan fingerprint density at radius 3 is 2.43 bits per heavy atom. The summed E-state index contributed by atoms with van der Waals surface area (Å²) < 4.78 is 6.66. The van der Waals surface area contributed by atoms with E-state index in [0.29, 0.717) is 24.4 Å². The molecule has 0 aliphatic rings.